The molecule has 0 radical (unpaired) electrons. The fourth-order valence-electron chi connectivity index (χ4n) is 14.5. The normalized spacial score (nSPS) is 11.6. The first-order valence-corrected chi connectivity index (χ1v) is 32.5. The number of benzene rings is 15. The summed E-state index contributed by atoms with van der Waals surface area (Å²) >= 11 is 0. The summed E-state index contributed by atoms with van der Waals surface area (Å²) in [5, 5.41) is 7.02. The van der Waals surface area contributed by atoms with Gasteiger partial charge in [0.2, 0.25) is 0 Å². The lowest BCUT2D eigenvalue weighted by molar-refractivity contribution is 1.18. The number of rotatable bonds is 13. The van der Waals surface area contributed by atoms with Gasteiger partial charge in [0.15, 0.2) is 0 Å². The smallest absolute Gasteiger partial charge is 0.0542 e. The molecule has 3 heterocycles. The Bertz CT molecular complexity index is 5500. The van der Waals surface area contributed by atoms with E-state index in [2.05, 4.69) is 394 Å². The highest BCUT2D eigenvalue weighted by atomic mass is 15.2. The maximum absolute atomic E-state index is 2.43. The van der Waals surface area contributed by atoms with Crippen molar-refractivity contribution < 1.29 is 0 Å². The maximum Gasteiger partial charge on any atom is 0.0542 e. The van der Waals surface area contributed by atoms with Crippen molar-refractivity contribution in [3.8, 4) is 61.6 Å². The second-order valence-electron chi connectivity index (χ2n) is 24.5. The number of hydrogen-bond donors (Lipinski definition) is 0. The highest BCUT2D eigenvalue weighted by Crippen LogP contribution is 2.47. The maximum atomic E-state index is 2.43. The first kappa shape index (κ1) is 55.2. The minimum atomic E-state index is 1.05. The molecule has 0 bridgehead atoms. The van der Waals surface area contributed by atoms with E-state index in [4.69, 9.17) is 0 Å². The van der Waals surface area contributed by atoms with Crippen molar-refractivity contribution in [2.45, 2.75) is 0 Å². The van der Waals surface area contributed by atoms with E-state index < -0.39 is 0 Å². The Labute approximate surface area is 551 Å². The molecule has 5 heteroatoms. The first-order chi connectivity index (χ1) is 47.1. The van der Waals surface area contributed by atoms with E-state index in [0.717, 1.165) is 95.1 Å². The summed E-state index contributed by atoms with van der Waals surface area (Å²) in [6, 6.07) is 135. The molecule has 5 nitrogen and oxygen atoms in total. The number of anilines is 6. The molecule has 18 aromatic rings. The summed E-state index contributed by atoms with van der Waals surface area (Å²) in [6.45, 7) is 0. The molecule has 0 N–H and O–H groups in total. The lowest BCUT2D eigenvalue weighted by Crippen LogP contribution is -2.10. The van der Waals surface area contributed by atoms with Crippen molar-refractivity contribution >= 4 is 99.5 Å². The molecular formula is C90H61N5. The lowest BCUT2D eigenvalue weighted by Gasteiger charge is -2.26. The third-order valence-electron chi connectivity index (χ3n) is 19.0. The van der Waals surface area contributed by atoms with Gasteiger partial charge in [-0.15, -0.1) is 0 Å². The second kappa shape index (κ2) is 23.2. The van der Waals surface area contributed by atoms with Crippen LogP contribution >= 0.6 is 0 Å². The zero-order valence-electron chi connectivity index (χ0n) is 52.0. The summed E-state index contributed by atoms with van der Waals surface area (Å²) in [4.78, 5) is 4.85. The monoisotopic (exact) mass is 1210 g/mol. The Morgan fingerprint density at radius 3 is 0.621 bits per heavy atom. The van der Waals surface area contributed by atoms with Gasteiger partial charge in [-0.1, -0.05) is 212 Å². The van der Waals surface area contributed by atoms with E-state index in [0.29, 0.717) is 0 Å². The second-order valence-corrected chi connectivity index (χ2v) is 24.5. The van der Waals surface area contributed by atoms with E-state index in [-0.39, 0.29) is 0 Å². The van der Waals surface area contributed by atoms with Crippen LogP contribution in [0.3, 0.4) is 0 Å². The average molecular weight is 1210 g/mol. The van der Waals surface area contributed by atoms with Crippen LogP contribution in [0.5, 0.6) is 0 Å². The van der Waals surface area contributed by atoms with Gasteiger partial charge in [0, 0.05) is 83.5 Å². The molecule has 446 valence electrons. The SMILES string of the molecule is c1ccc(-c2ccc(-c3ccc4c(c3)c3cc(N(c5ccccc5)c5ccc6c(c5)c5cc(N(c7ccccc7)c7ccc8c(c7)c7cc(-c9ccc(-c%10ccccc%10)cc9)ccc7n8-c7ccccc7)ccc5n6-c5ccccc5)ccc3n4-c3ccccc3)cc2)cc1. The molecule has 0 saturated heterocycles. The molecule has 0 atom stereocenters. The van der Waals surface area contributed by atoms with Crippen LogP contribution in [-0.4, -0.2) is 13.7 Å². The van der Waals surface area contributed by atoms with Gasteiger partial charge < -0.3 is 23.5 Å². The molecule has 0 spiro atoms. The Hall–Kier alpha value is -12.7. The number of fused-ring (bicyclic) bond motifs is 9. The van der Waals surface area contributed by atoms with Gasteiger partial charge in [-0.2, -0.15) is 0 Å². The van der Waals surface area contributed by atoms with Gasteiger partial charge in [0.1, 0.15) is 0 Å². The molecule has 0 unspecified atom stereocenters. The Kier molecular flexibility index (Phi) is 13.5. The van der Waals surface area contributed by atoms with Crippen molar-refractivity contribution in [1.82, 2.24) is 13.7 Å². The number of nitrogens with zero attached hydrogens (tertiary/aromatic N) is 5. The van der Waals surface area contributed by atoms with E-state index in [9.17, 15) is 0 Å². The highest BCUT2D eigenvalue weighted by molar-refractivity contribution is 6.15. The van der Waals surface area contributed by atoms with E-state index in [1.165, 1.54) is 66.1 Å². The van der Waals surface area contributed by atoms with Crippen LogP contribution in [0.2, 0.25) is 0 Å². The molecule has 18 rings (SSSR count). The zero-order valence-corrected chi connectivity index (χ0v) is 52.0. The van der Waals surface area contributed by atoms with Crippen LogP contribution < -0.4 is 9.80 Å². The minimum Gasteiger partial charge on any atom is -0.310 e. The van der Waals surface area contributed by atoms with Crippen LogP contribution in [0.1, 0.15) is 0 Å². The summed E-state index contributed by atoms with van der Waals surface area (Å²) in [5.74, 6) is 0. The molecule has 3 aromatic heterocycles. The summed E-state index contributed by atoms with van der Waals surface area (Å²) < 4.78 is 7.25. The van der Waals surface area contributed by atoms with Crippen molar-refractivity contribution in [2.75, 3.05) is 9.80 Å². The van der Waals surface area contributed by atoms with Gasteiger partial charge in [0.05, 0.1) is 33.1 Å². The molecule has 95 heavy (non-hydrogen) atoms. The average Bonchev–Trinajstić information content (AvgIpc) is 1.60. The summed E-state index contributed by atoms with van der Waals surface area (Å²) in [7, 11) is 0. The largest absolute Gasteiger partial charge is 0.310 e. The molecule has 0 aliphatic rings. The summed E-state index contributed by atoms with van der Waals surface area (Å²) in [6.07, 6.45) is 0. The topological polar surface area (TPSA) is 21.3 Å². The van der Waals surface area contributed by atoms with Gasteiger partial charge >= 0.3 is 0 Å². The zero-order chi connectivity index (χ0) is 62.8. The van der Waals surface area contributed by atoms with Gasteiger partial charge in [0.25, 0.3) is 0 Å². The number of aromatic nitrogens is 3. The lowest BCUT2D eigenvalue weighted by atomic mass is 9.99. The third kappa shape index (κ3) is 9.72. The van der Waals surface area contributed by atoms with Gasteiger partial charge in [-0.05, 0) is 202 Å². The predicted molar refractivity (Wildman–Crippen MR) is 401 cm³/mol. The molecule has 15 aromatic carbocycles. The molecular weight excluding hydrogens is 1150 g/mol. The van der Waals surface area contributed by atoms with E-state index in [1.807, 2.05) is 0 Å². The van der Waals surface area contributed by atoms with Crippen LogP contribution in [0.4, 0.5) is 34.1 Å². The molecule has 0 amide bonds. The molecule has 0 aliphatic carbocycles. The van der Waals surface area contributed by atoms with Crippen molar-refractivity contribution in [3.05, 3.63) is 370 Å². The van der Waals surface area contributed by atoms with Crippen molar-refractivity contribution in [3.63, 3.8) is 0 Å². The Morgan fingerprint density at radius 2 is 0.347 bits per heavy atom. The van der Waals surface area contributed by atoms with Crippen molar-refractivity contribution in [2.24, 2.45) is 0 Å². The van der Waals surface area contributed by atoms with Crippen molar-refractivity contribution in [1.29, 1.82) is 0 Å². The molecule has 0 saturated carbocycles. The van der Waals surface area contributed by atoms with E-state index in [1.54, 1.807) is 0 Å². The Balaban J connectivity index is 0.802. The van der Waals surface area contributed by atoms with Crippen LogP contribution in [0.15, 0.2) is 370 Å². The molecule has 0 fully saturated rings. The number of hydrogen-bond acceptors (Lipinski definition) is 2. The standard InChI is InChI=1S/C90H61N5/c1-8-22-62(23-9-1)64-36-40-66(41-37-64)68-44-50-85-79(56-68)81-58-75(46-52-87(81)93(85)72-30-16-5-17-31-72)91(70-26-12-3-13-27-70)77-48-54-89-83(60-77)84-61-78(49-55-90(84)95(89)74-34-20-7-21-35-74)92(71-28-14-4-15-29-71)76-47-53-88-82(59-76)80-57-69(45-51-86(80)94(88)73-32-18-6-19-33-73)67-42-38-65(39-43-67)63-24-10-2-11-25-63/h1-61H. The van der Waals surface area contributed by atoms with Gasteiger partial charge in [-0.3, -0.25) is 0 Å². The fraction of sp³-hybridized carbons (Fsp3) is 0. The molecule has 0 aliphatic heterocycles. The number of para-hydroxylation sites is 5. The van der Waals surface area contributed by atoms with Crippen LogP contribution in [0, 0.1) is 0 Å². The van der Waals surface area contributed by atoms with Gasteiger partial charge in [-0.25, -0.2) is 0 Å². The quantitative estimate of drug-likeness (QED) is 0.115. The first-order valence-electron chi connectivity index (χ1n) is 32.5. The fourth-order valence-corrected chi connectivity index (χ4v) is 14.5. The Morgan fingerprint density at radius 1 is 0.147 bits per heavy atom. The van der Waals surface area contributed by atoms with E-state index >= 15 is 0 Å². The minimum absolute atomic E-state index is 1.05. The third-order valence-corrected chi connectivity index (χ3v) is 19.0. The summed E-state index contributed by atoms with van der Waals surface area (Å²) in [5.41, 5.74) is 26.1. The van der Waals surface area contributed by atoms with Crippen LogP contribution in [-0.2, 0) is 0 Å². The highest BCUT2D eigenvalue weighted by Gasteiger charge is 2.24. The van der Waals surface area contributed by atoms with Crippen LogP contribution in [0.25, 0.3) is 127 Å². The predicted octanol–water partition coefficient (Wildman–Crippen LogP) is 24.6.